The Hall–Kier alpha value is -2.10. The van der Waals surface area contributed by atoms with Gasteiger partial charge in [0.2, 0.25) is 0 Å². The summed E-state index contributed by atoms with van der Waals surface area (Å²) in [7, 11) is 0. The summed E-state index contributed by atoms with van der Waals surface area (Å²) in [6.07, 6.45) is 2.53. The second-order valence-corrected chi connectivity index (χ2v) is 4.21. The molecule has 0 amide bonds. The van der Waals surface area contributed by atoms with Crippen LogP contribution in [0, 0.1) is 5.82 Å². The van der Waals surface area contributed by atoms with E-state index in [-0.39, 0.29) is 11.9 Å². The predicted molar refractivity (Wildman–Crippen MR) is 67.1 cm³/mol. The Balaban J connectivity index is 1.90. The lowest BCUT2D eigenvalue weighted by molar-refractivity contribution is 0.260. The number of nitrogens with one attached hydrogen (secondary N) is 1. The van der Waals surface area contributed by atoms with Gasteiger partial charge in [-0.1, -0.05) is 18.2 Å². The number of ether oxygens (including phenoxy) is 1. The van der Waals surface area contributed by atoms with Crippen molar-refractivity contribution in [2.45, 2.75) is 12.5 Å². The number of para-hydroxylation sites is 1. The highest BCUT2D eigenvalue weighted by Gasteiger charge is 2.23. The zero-order chi connectivity index (χ0) is 12.4. The maximum atomic E-state index is 13.6. The summed E-state index contributed by atoms with van der Waals surface area (Å²) in [6, 6.07) is 10.7. The summed E-state index contributed by atoms with van der Waals surface area (Å²) in [6.45, 7) is 0.512. The lowest BCUT2D eigenvalue weighted by Crippen LogP contribution is -2.21. The number of anilines is 1. The molecule has 3 nitrogen and oxygen atoms in total. The molecule has 1 aliphatic rings. The van der Waals surface area contributed by atoms with Crippen LogP contribution in [0.25, 0.3) is 0 Å². The first-order valence-electron chi connectivity index (χ1n) is 5.93. The molecule has 0 bridgehead atoms. The van der Waals surface area contributed by atoms with Gasteiger partial charge in [0.05, 0.1) is 12.6 Å². The van der Waals surface area contributed by atoms with Gasteiger partial charge in [-0.25, -0.2) is 9.37 Å². The van der Waals surface area contributed by atoms with Crippen molar-refractivity contribution in [1.29, 1.82) is 0 Å². The van der Waals surface area contributed by atoms with E-state index in [1.54, 1.807) is 12.3 Å². The summed E-state index contributed by atoms with van der Waals surface area (Å²) in [5, 5.41) is 3.31. The molecule has 1 aromatic heterocycles. The lowest BCUT2D eigenvalue weighted by Gasteiger charge is -2.27. The zero-order valence-corrected chi connectivity index (χ0v) is 9.77. The van der Waals surface area contributed by atoms with Gasteiger partial charge in [0.1, 0.15) is 5.82 Å². The van der Waals surface area contributed by atoms with E-state index >= 15 is 0 Å². The molecule has 0 spiro atoms. The van der Waals surface area contributed by atoms with E-state index in [4.69, 9.17) is 4.74 Å². The third-order valence-electron chi connectivity index (χ3n) is 3.01. The van der Waals surface area contributed by atoms with Crippen LogP contribution < -0.4 is 10.1 Å². The number of nitrogens with zero attached hydrogens (tertiary/aromatic N) is 1. The van der Waals surface area contributed by atoms with Crippen LogP contribution in [0.3, 0.4) is 0 Å². The predicted octanol–water partition coefficient (Wildman–Crippen LogP) is 3.16. The van der Waals surface area contributed by atoms with Gasteiger partial charge >= 0.3 is 0 Å². The largest absolute Gasteiger partial charge is 0.490 e. The van der Waals surface area contributed by atoms with E-state index in [2.05, 4.69) is 10.3 Å². The van der Waals surface area contributed by atoms with Crippen LogP contribution in [0.2, 0.25) is 0 Å². The van der Waals surface area contributed by atoms with Gasteiger partial charge in [0.15, 0.2) is 11.6 Å². The molecule has 1 aliphatic heterocycles. The van der Waals surface area contributed by atoms with Crippen LogP contribution in [0.1, 0.15) is 18.0 Å². The zero-order valence-electron chi connectivity index (χ0n) is 9.77. The SMILES string of the molecule is Fc1cccc2c1OCC[C@@H]2Nc1ccccn1. The average Bonchev–Trinajstić information content (AvgIpc) is 2.41. The molecule has 0 unspecified atom stereocenters. The summed E-state index contributed by atoms with van der Waals surface area (Å²) in [5.41, 5.74) is 0.854. The smallest absolute Gasteiger partial charge is 0.165 e. The van der Waals surface area contributed by atoms with Gasteiger partial charge in [-0.15, -0.1) is 0 Å². The first kappa shape index (κ1) is 11.0. The molecular formula is C14H13FN2O. The minimum atomic E-state index is -0.306. The van der Waals surface area contributed by atoms with Crippen LogP contribution in [0.15, 0.2) is 42.6 Å². The van der Waals surface area contributed by atoms with Gasteiger partial charge in [0.25, 0.3) is 0 Å². The Morgan fingerprint density at radius 1 is 1.22 bits per heavy atom. The molecule has 92 valence electrons. The van der Waals surface area contributed by atoms with Crippen molar-refractivity contribution < 1.29 is 9.13 Å². The van der Waals surface area contributed by atoms with E-state index in [9.17, 15) is 4.39 Å². The van der Waals surface area contributed by atoms with Crippen molar-refractivity contribution in [1.82, 2.24) is 4.98 Å². The second kappa shape index (κ2) is 4.64. The van der Waals surface area contributed by atoms with Gasteiger partial charge < -0.3 is 10.1 Å². The van der Waals surface area contributed by atoms with E-state index in [1.807, 2.05) is 24.3 Å². The number of halogens is 1. The van der Waals surface area contributed by atoms with Gasteiger partial charge in [-0.2, -0.15) is 0 Å². The molecule has 2 aromatic rings. The Morgan fingerprint density at radius 3 is 3.00 bits per heavy atom. The summed E-state index contributed by atoms with van der Waals surface area (Å²) in [4.78, 5) is 4.22. The third-order valence-corrected chi connectivity index (χ3v) is 3.01. The number of hydrogen-bond acceptors (Lipinski definition) is 3. The highest BCUT2D eigenvalue weighted by Crippen LogP contribution is 2.35. The van der Waals surface area contributed by atoms with Crippen molar-refractivity contribution in [2.24, 2.45) is 0 Å². The fourth-order valence-corrected chi connectivity index (χ4v) is 2.16. The molecule has 18 heavy (non-hydrogen) atoms. The molecule has 1 aromatic carbocycles. The number of hydrogen-bond donors (Lipinski definition) is 1. The fraction of sp³-hybridized carbons (Fsp3) is 0.214. The second-order valence-electron chi connectivity index (χ2n) is 4.21. The number of pyridine rings is 1. The van der Waals surface area contributed by atoms with Crippen LogP contribution in [-0.4, -0.2) is 11.6 Å². The maximum absolute atomic E-state index is 13.6. The maximum Gasteiger partial charge on any atom is 0.165 e. The Morgan fingerprint density at radius 2 is 2.17 bits per heavy atom. The van der Waals surface area contributed by atoms with E-state index in [0.29, 0.717) is 12.4 Å². The van der Waals surface area contributed by atoms with Crippen LogP contribution >= 0.6 is 0 Å². The summed E-state index contributed by atoms with van der Waals surface area (Å²) < 4.78 is 19.0. The van der Waals surface area contributed by atoms with Crippen LogP contribution in [-0.2, 0) is 0 Å². The summed E-state index contributed by atoms with van der Waals surface area (Å²) in [5.74, 6) is 0.844. The van der Waals surface area contributed by atoms with Crippen molar-refractivity contribution in [3.8, 4) is 5.75 Å². The first-order chi connectivity index (χ1) is 8.84. The van der Waals surface area contributed by atoms with Gasteiger partial charge in [-0.3, -0.25) is 0 Å². The minimum Gasteiger partial charge on any atom is -0.490 e. The number of benzene rings is 1. The minimum absolute atomic E-state index is 0.0411. The fourth-order valence-electron chi connectivity index (χ4n) is 2.16. The molecule has 2 heterocycles. The Bertz CT molecular complexity index is 545. The van der Waals surface area contributed by atoms with E-state index in [0.717, 1.165) is 17.8 Å². The molecule has 0 saturated heterocycles. The van der Waals surface area contributed by atoms with Crippen molar-refractivity contribution in [2.75, 3.05) is 11.9 Å². The molecule has 1 atom stereocenters. The summed E-state index contributed by atoms with van der Waals surface area (Å²) >= 11 is 0. The molecule has 4 heteroatoms. The molecule has 0 fully saturated rings. The molecule has 0 aliphatic carbocycles. The van der Waals surface area contributed by atoms with Crippen LogP contribution in [0.4, 0.5) is 10.2 Å². The number of rotatable bonds is 2. The Kier molecular flexibility index (Phi) is 2.84. The molecule has 1 N–H and O–H groups in total. The lowest BCUT2D eigenvalue weighted by atomic mass is 10.0. The van der Waals surface area contributed by atoms with Gasteiger partial charge in [0, 0.05) is 18.2 Å². The van der Waals surface area contributed by atoms with E-state index in [1.165, 1.54) is 6.07 Å². The molecule has 3 rings (SSSR count). The normalized spacial score (nSPS) is 17.7. The highest BCUT2D eigenvalue weighted by molar-refractivity contribution is 5.45. The van der Waals surface area contributed by atoms with Crippen molar-refractivity contribution in [3.05, 3.63) is 54.0 Å². The van der Waals surface area contributed by atoms with Crippen molar-refractivity contribution in [3.63, 3.8) is 0 Å². The van der Waals surface area contributed by atoms with Gasteiger partial charge in [-0.05, 0) is 18.2 Å². The Labute approximate surface area is 105 Å². The standard InChI is InChI=1S/C14H13FN2O/c15-11-5-3-4-10-12(7-9-18-14(10)11)17-13-6-1-2-8-16-13/h1-6,8,12H,7,9H2,(H,16,17)/t12-/m0/s1. The molecule has 0 radical (unpaired) electrons. The molecule has 0 saturated carbocycles. The van der Waals surface area contributed by atoms with Crippen molar-refractivity contribution >= 4 is 5.82 Å². The topological polar surface area (TPSA) is 34.1 Å². The monoisotopic (exact) mass is 244 g/mol. The van der Waals surface area contributed by atoms with E-state index < -0.39 is 0 Å². The molecular weight excluding hydrogens is 231 g/mol. The third kappa shape index (κ3) is 2.01. The number of fused-ring (bicyclic) bond motifs is 1. The number of aromatic nitrogens is 1. The first-order valence-corrected chi connectivity index (χ1v) is 5.93. The highest BCUT2D eigenvalue weighted by atomic mass is 19.1. The van der Waals surface area contributed by atoms with Crippen LogP contribution in [0.5, 0.6) is 5.75 Å². The quantitative estimate of drug-likeness (QED) is 0.881. The average molecular weight is 244 g/mol.